The van der Waals surface area contributed by atoms with E-state index in [1.807, 2.05) is 30.3 Å². The molecule has 0 unspecified atom stereocenters. The van der Waals surface area contributed by atoms with E-state index in [0.29, 0.717) is 5.71 Å². The van der Waals surface area contributed by atoms with Gasteiger partial charge in [0.15, 0.2) is 0 Å². The van der Waals surface area contributed by atoms with E-state index in [9.17, 15) is 0 Å². The van der Waals surface area contributed by atoms with Gasteiger partial charge in [-0.1, -0.05) is 24.1 Å². The van der Waals surface area contributed by atoms with Gasteiger partial charge in [0.25, 0.3) is 0 Å². The maximum absolute atomic E-state index is 5.19. The highest BCUT2D eigenvalue weighted by Gasteiger charge is 1.85. The lowest BCUT2D eigenvalue weighted by atomic mass is 10.2. The molecule has 3 heteroatoms. The van der Waals surface area contributed by atoms with Gasteiger partial charge >= 0.3 is 0 Å². The van der Waals surface area contributed by atoms with Crippen LogP contribution < -0.4 is 11.6 Å². The van der Waals surface area contributed by atoms with Gasteiger partial charge in [0.2, 0.25) is 0 Å². The molecule has 0 radical (unpaired) electrons. The molecule has 0 saturated carbocycles. The Morgan fingerprint density at radius 2 is 2.00 bits per heavy atom. The molecule has 1 aromatic rings. The van der Waals surface area contributed by atoms with Crippen LogP contribution in [0.25, 0.3) is 0 Å². The molecule has 0 heterocycles. The van der Waals surface area contributed by atoms with E-state index in [1.165, 1.54) is 6.20 Å². The Morgan fingerprint density at radius 1 is 1.29 bits per heavy atom. The minimum atomic E-state index is 0.455. The summed E-state index contributed by atoms with van der Waals surface area (Å²) in [6.45, 7) is 0. The Labute approximate surface area is 83.1 Å². The van der Waals surface area contributed by atoms with Gasteiger partial charge in [-0.3, -0.25) is 0 Å². The zero-order chi connectivity index (χ0) is 10.2. The molecule has 0 saturated heterocycles. The van der Waals surface area contributed by atoms with Gasteiger partial charge in [0.1, 0.15) is 5.71 Å². The second-order valence-electron chi connectivity index (χ2n) is 2.49. The van der Waals surface area contributed by atoms with Crippen molar-refractivity contribution in [1.82, 2.24) is 0 Å². The van der Waals surface area contributed by atoms with E-state index in [4.69, 9.17) is 11.6 Å². The number of hydrazone groups is 1. The Balaban J connectivity index is 2.82. The SMILES string of the molecule is N/C=C\C(C#Cc1ccccc1)=N/N. The van der Waals surface area contributed by atoms with Gasteiger partial charge in [0.05, 0.1) is 0 Å². The molecule has 3 nitrogen and oxygen atoms in total. The molecule has 0 bridgehead atoms. The molecular weight excluding hydrogens is 174 g/mol. The van der Waals surface area contributed by atoms with Crippen LogP contribution in [0.4, 0.5) is 0 Å². The summed E-state index contributed by atoms with van der Waals surface area (Å²) in [7, 11) is 0. The molecule has 0 amide bonds. The van der Waals surface area contributed by atoms with Crippen LogP contribution in [0.1, 0.15) is 5.56 Å². The quantitative estimate of drug-likeness (QED) is 0.294. The van der Waals surface area contributed by atoms with Gasteiger partial charge in [0, 0.05) is 5.56 Å². The topological polar surface area (TPSA) is 64.4 Å². The average molecular weight is 185 g/mol. The molecule has 1 rings (SSSR count). The zero-order valence-electron chi connectivity index (χ0n) is 7.64. The van der Waals surface area contributed by atoms with Crippen LogP contribution in [0.5, 0.6) is 0 Å². The van der Waals surface area contributed by atoms with Gasteiger partial charge in [-0.25, -0.2) is 0 Å². The summed E-state index contributed by atoms with van der Waals surface area (Å²) in [5, 5.41) is 3.47. The first-order chi connectivity index (χ1) is 6.86. The number of hydrogen-bond acceptors (Lipinski definition) is 3. The van der Waals surface area contributed by atoms with E-state index < -0.39 is 0 Å². The van der Waals surface area contributed by atoms with Gasteiger partial charge in [-0.2, -0.15) is 5.10 Å². The monoisotopic (exact) mass is 185 g/mol. The summed E-state index contributed by atoms with van der Waals surface area (Å²) in [4.78, 5) is 0. The lowest BCUT2D eigenvalue weighted by molar-refractivity contribution is 1.26. The molecule has 4 N–H and O–H groups in total. The van der Waals surface area contributed by atoms with Crippen LogP contribution in [0.2, 0.25) is 0 Å². The highest BCUT2D eigenvalue weighted by Crippen LogP contribution is 1.94. The molecule has 0 aliphatic carbocycles. The van der Waals surface area contributed by atoms with Gasteiger partial charge < -0.3 is 11.6 Å². The van der Waals surface area contributed by atoms with E-state index in [2.05, 4.69) is 16.9 Å². The standard InChI is InChI=1S/C11H11N3/c12-9-8-11(14-13)7-6-10-4-2-1-3-5-10/h1-5,8-9H,12-13H2/b9-8-,14-11-. The summed E-state index contributed by atoms with van der Waals surface area (Å²) in [6, 6.07) is 9.59. The molecule has 0 fully saturated rings. The number of nitrogens with zero attached hydrogens (tertiary/aromatic N) is 1. The predicted octanol–water partition coefficient (Wildman–Crippen LogP) is 0.825. The van der Waals surface area contributed by atoms with Crippen molar-refractivity contribution in [2.75, 3.05) is 0 Å². The molecule has 70 valence electrons. The first-order valence-electron chi connectivity index (χ1n) is 4.10. The van der Waals surface area contributed by atoms with Crippen molar-refractivity contribution in [2.24, 2.45) is 16.7 Å². The summed E-state index contributed by atoms with van der Waals surface area (Å²) in [6.07, 6.45) is 2.90. The lowest BCUT2D eigenvalue weighted by Crippen LogP contribution is -1.95. The van der Waals surface area contributed by atoms with Crippen molar-refractivity contribution in [1.29, 1.82) is 0 Å². The minimum absolute atomic E-state index is 0.455. The smallest absolute Gasteiger partial charge is 0.134 e. The fraction of sp³-hybridized carbons (Fsp3) is 0. The maximum atomic E-state index is 5.19. The first kappa shape index (κ1) is 9.87. The Bertz CT molecular complexity index is 394. The molecule has 0 aliphatic rings. The third-order valence-corrected chi connectivity index (χ3v) is 1.50. The normalized spacial score (nSPS) is 11.0. The number of benzene rings is 1. The Morgan fingerprint density at radius 3 is 2.57 bits per heavy atom. The average Bonchev–Trinajstić information content (AvgIpc) is 2.25. The van der Waals surface area contributed by atoms with Crippen LogP contribution in [-0.2, 0) is 0 Å². The lowest BCUT2D eigenvalue weighted by Gasteiger charge is -1.87. The Kier molecular flexibility index (Phi) is 3.84. The maximum Gasteiger partial charge on any atom is 0.134 e. The van der Waals surface area contributed by atoms with Crippen LogP contribution in [0.3, 0.4) is 0 Å². The molecule has 0 spiro atoms. The minimum Gasteiger partial charge on any atom is -0.405 e. The largest absolute Gasteiger partial charge is 0.405 e. The second kappa shape index (κ2) is 5.44. The third-order valence-electron chi connectivity index (χ3n) is 1.50. The van der Waals surface area contributed by atoms with E-state index >= 15 is 0 Å². The van der Waals surface area contributed by atoms with Gasteiger partial charge in [-0.15, -0.1) is 0 Å². The second-order valence-corrected chi connectivity index (χ2v) is 2.49. The van der Waals surface area contributed by atoms with Crippen LogP contribution in [0.15, 0.2) is 47.7 Å². The van der Waals surface area contributed by atoms with Crippen molar-refractivity contribution < 1.29 is 0 Å². The first-order valence-corrected chi connectivity index (χ1v) is 4.10. The fourth-order valence-electron chi connectivity index (χ4n) is 0.866. The zero-order valence-corrected chi connectivity index (χ0v) is 7.64. The van der Waals surface area contributed by atoms with Gasteiger partial charge in [-0.05, 0) is 30.3 Å². The van der Waals surface area contributed by atoms with E-state index in [0.717, 1.165) is 5.56 Å². The number of hydrogen-bond donors (Lipinski definition) is 2. The van der Waals surface area contributed by atoms with Crippen molar-refractivity contribution in [3.05, 3.63) is 48.2 Å². The predicted molar refractivity (Wildman–Crippen MR) is 58.3 cm³/mol. The Hall–Kier alpha value is -2.21. The molecule has 0 aromatic heterocycles. The van der Waals surface area contributed by atoms with E-state index in [1.54, 1.807) is 6.08 Å². The molecule has 14 heavy (non-hydrogen) atoms. The highest BCUT2D eigenvalue weighted by molar-refractivity contribution is 6.08. The van der Waals surface area contributed by atoms with Crippen LogP contribution in [-0.4, -0.2) is 5.71 Å². The molecule has 1 aromatic carbocycles. The van der Waals surface area contributed by atoms with Crippen molar-refractivity contribution in [3.63, 3.8) is 0 Å². The number of allylic oxidation sites excluding steroid dienone is 1. The van der Waals surface area contributed by atoms with Crippen LogP contribution in [0, 0.1) is 11.8 Å². The van der Waals surface area contributed by atoms with Crippen molar-refractivity contribution in [2.45, 2.75) is 0 Å². The summed E-state index contributed by atoms with van der Waals surface area (Å²) >= 11 is 0. The summed E-state index contributed by atoms with van der Waals surface area (Å²) in [5.74, 6) is 10.8. The number of nitrogens with two attached hydrogens (primary N) is 2. The molecule has 0 aliphatic heterocycles. The highest BCUT2D eigenvalue weighted by atomic mass is 15.1. The van der Waals surface area contributed by atoms with Crippen molar-refractivity contribution >= 4 is 5.71 Å². The fourth-order valence-corrected chi connectivity index (χ4v) is 0.866. The van der Waals surface area contributed by atoms with Crippen molar-refractivity contribution in [3.8, 4) is 11.8 Å². The number of rotatable bonds is 1. The third kappa shape index (κ3) is 3.03. The summed E-state index contributed by atoms with van der Waals surface area (Å²) < 4.78 is 0. The molecule has 0 atom stereocenters. The molecular formula is C11H11N3. The van der Waals surface area contributed by atoms with Crippen LogP contribution >= 0.6 is 0 Å². The van der Waals surface area contributed by atoms with E-state index in [-0.39, 0.29) is 0 Å². The summed E-state index contributed by atoms with van der Waals surface area (Å²) in [5.41, 5.74) is 6.56.